The van der Waals surface area contributed by atoms with Crippen molar-refractivity contribution in [1.82, 2.24) is 5.43 Å². The molecule has 2 aromatic carbocycles. The molecule has 0 atom stereocenters. The van der Waals surface area contributed by atoms with Crippen LogP contribution in [0.25, 0.3) is 0 Å². The van der Waals surface area contributed by atoms with Crippen molar-refractivity contribution in [3.8, 4) is 17.2 Å². The molecule has 0 fully saturated rings. The van der Waals surface area contributed by atoms with Gasteiger partial charge in [0, 0.05) is 5.56 Å². The molecule has 1 amide bonds. The van der Waals surface area contributed by atoms with E-state index in [0.717, 1.165) is 5.56 Å². The van der Waals surface area contributed by atoms with E-state index in [1.807, 2.05) is 20.8 Å². The summed E-state index contributed by atoms with van der Waals surface area (Å²) in [6.45, 7) is 8.62. The number of rotatable bonds is 9. The third-order valence-electron chi connectivity index (χ3n) is 3.83. The van der Waals surface area contributed by atoms with Crippen LogP contribution in [0.5, 0.6) is 17.2 Å². The second kappa shape index (κ2) is 10.9. The van der Waals surface area contributed by atoms with Gasteiger partial charge in [0.05, 0.1) is 35.6 Å². The summed E-state index contributed by atoms with van der Waals surface area (Å²) in [5.74, 6) is 0.948. The highest BCUT2D eigenvalue weighted by Crippen LogP contribution is 2.39. The lowest BCUT2D eigenvalue weighted by atomic mass is 10.1. The lowest BCUT2D eigenvalue weighted by molar-refractivity contribution is 0.0953. The number of ether oxygens (including phenoxy) is 3. The van der Waals surface area contributed by atoms with Crippen molar-refractivity contribution in [2.45, 2.75) is 27.7 Å². The molecule has 0 unspecified atom stereocenters. The van der Waals surface area contributed by atoms with Gasteiger partial charge in [-0.3, -0.25) is 4.79 Å². The third-order valence-corrected chi connectivity index (χ3v) is 4.57. The van der Waals surface area contributed by atoms with E-state index in [2.05, 4.69) is 10.5 Å². The molecule has 0 spiro atoms. The number of amides is 1. The molecule has 0 aromatic heterocycles. The van der Waals surface area contributed by atoms with Crippen LogP contribution < -0.4 is 19.6 Å². The Hall–Kier alpha value is -2.44. The van der Waals surface area contributed by atoms with Gasteiger partial charge in [-0.1, -0.05) is 29.3 Å². The summed E-state index contributed by atoms with van der Waals surface area (Å²) in [5, 5.41) is 5.02. The highest BCUT2D eigenvalue weighted by atomic mass is 35.5. The van der Waals surface area contributed by atoms with Gasteiger partial charge in [-0.2, -0.15) is 5.10 Å². The normalized spacial score (nSPS) is 11.2. The van der Waals surface area contributed by atoms with Crippen molar-refractivity contribution < 1.29 is 19.0 Å². The summed E-state index contributed by atoms with van der Waals surface area (Å²) in [4.78, 5) is 12.7. The molecule has 0 heterocycles. The van der Waals surface area contributed by atoms with E-state index in [0.29, 0.717) is 58.4 Å². The predicted octanol–water partition coefficient (Wildman–Crippen LogP) is 5.34. The van der Waals surface area contributed by atoms with E-state index < -0.39 is 5.91 Å². The second-order valence-electron chi connectivity index (χ2n) is 5.87. The molecular weight excluding hydrogens is 415 g/mol. The number of nitrogens with zero attached hydrogens (tertiary/aromatic N) is 1. The number of hydrogen-bond donors (Lipinski definition) is 1. The topological polar surface area (TPSA) is 69.2 Å². The fourth-order valence-corrected chi connectivity index (χ4v) is 2.80. The predicted molar refractivity (Wildman–Crippen MR) is 116 cm³/mol. The molecule has 0 aliphatic carbocycles. The van der Waals surface area contributed by atoms with E-state index >= 15 is 0 Å². The van der Waals surface area contributed by atoms with Crippen LogP contribution in [0.2, 0.25) is 10.0 Å². The Balaban J connectivity index is 2.29. The number of carbonyl (C=O) groups excluding carboxylic acids is 1. The van der Waals surface area contributed by atoms with Crippen molar-refractivity contribution in [3.05, 3.63) is 51.5 Å². The largest absolute Gasteiger partial charge is 0.490 e. The van der Waals surface area contributed by atoms with E-state index in [9.17, 15) is 4.79 Å². The summed E-state index contributed by atoms with van der Waals surface area (Å²) >= 11 is 12.0. The Morgan fingerprint density at radius 1 is 0.897 bits per heavy atom. The van der Waals surface area contributed by atoms with Crippen molar-refractivity contribution in [1.29, 1.82) is 0 Å². The maximum atomic E-state index is 12.7. The van der Waals surface area contributed by atoms with Crippen LogP contribution in [-0.4, -0.2) is 31.4 Å². The van der Waals surface area contributed by atoms with Gasteiger partial charge < -0.3 is 14.2 Å². The van der Waals surface area contributed by atoms with Crippen LogP contribution in [0, 0.1) is 0 Å². The Labute approximate surface area is 180 Å². The minimum absolute atomic E-state index is 0.339. The van der Waals surface area contributed by atoms with Gasteiger partial charge in [-0.25, -0.2) is 5.43 Å². The summed E-state index contributed by atoms with van der Waals surface area (Å²) in [5.41, 5.74) is 4.21. The van der Waals surface area contributed by atoms with E-state index in [-0.39, 0.29) is 0 Å². The summed E-state index contributed by atoms with van der Waals surface area (Å²) in [6.07, 6.45) is 0. The Kier molecular flexibility index (Phi) is 8.61. The standard InChI is InChI=1S/C21H24Cl2N2O4/c1-5-27-18-11-15(12-19(28-6-2)20(18)29-7-3)21(26)25-24-13(4)14-8-9-16(22)17(23)10-14/h8-12H,5-7H2,1-4H3,(H,25,26)/b24-13+. The van der Waals surface area contributed by atoms with Gasteiger partial charge in [-0.05, 0) is 57.5 Å². The molecule has 0 saturated carbocycles. The molecule has 0 radical (unpaired) electrons. The number of carbonyl (C=O) groups is 1. The molecule has 0 aliphatic heterocycles. The third kappa shape index (κ3) is 6.02. The maximum Gasteiger partial charge on any atom is 0.271 e. The molecule has 2 rings (SSSR count). The SMILES string of the molecule is CCOc1cc(C(=O)N/N=C(\C)c2ccc(Cl)c(Cl)c2)cc(OCC)c1OCC. The van der Waals surface area contributed by atoms with Gasteiger partial charge in [0.1, 0.15) is 0 Å². The van der Waals surface area contributed by atoms with Crippen LogP contribution in [0.4, 0.5) is 0 Å². The fourth-order valence-electron chi connectivity index (χ4n) is 2.50. The Morgan fingerprint density at radius 3 is 2.00 bits per heavy atom. The van der Waals surface area contributed by atoms with Gasteiger partial charge in [0.25, 0.3) is 5.91 Å². The zero-order chi connectivity index (χ0) is 21.4. The number of hydrogen-bond acceptors (Lipinski definition) is 5. The minimum Gasteiger partial charge on any atom is -0.490 e. The first-order valence-electron chi connectivity index (χ1n) is 9.27. The molecule has 0 saturated heterocycles. The van der Waals surface area contributed by atoms with Crippen LogP contribution >= 0.6 is 23.2 Å². The van der Waals surface area contributed by atoms with Crippen molar-refractivity contribution >= 4 is 34.8 Å². The molecule has 1 N–H and O–H groups in total. The Morgan fingerprint density at radius 2 is 1.48 bits per heavy atom. The van der Waals surface area contributed by atoms with Crippen LogP contribution in [0.3, 0.4) is 0 Å². The lowest BCUT2D eigenvalue weighted by Gasteiger charge is -2.16. The fraction of sp³-hybridized carbons (Fsp3) is 0.333. The molecule has 156 valence electrons. The van der Waals surface area contributed by atoms with E-state index in [1.165, 1.54) is 0 Å². The summed E-state index contributed by atoms with van der Waals surface area (Å²) < 4.78 is 16.9. The summed E-state index contributed by atoms with van der Waals surface area (Å²) in [7, 11) is 0. The monoisotopic (exact) mass is 438 g/mol. The van der Waals surface area contributed by atoms with Crippen molar-refractivity contribution in [3.63, 3.8) is 0 Å². The number of benzene rings is 2. The highest BCUT2D eigenvalue weighted by molar-refractivity contribution is 6.42. The maximum absolute atomic E-state index is 12.7. The minimum atomic E-state index is -0.408. The van der Waals surface area contributed by atoms with E-state index in [4.69, 9.17) is 37.4 Å². The highest BCUT2D eigenvalue weighted by Gasteiger charge is 2.18. The molecule has 0 aliphatic rings. The Bertz CT molecular complexity index is 873. The van der Waals surface area contributed by atoms with Crippen molar-refractivity contribution in [2.24, 2.45) is 5.10 Å². The van der Waals surface area contributed by atoms with Crippen molar-refractivity contribution in [2.75, 3.05) is 19.8 Å². The first-order valence-corrected chi connectivity index (χ1v) is 10.0. The molecule has 0 bridgehead atoms. The zero-order valence-corrected chi connectivity index (χ0v) is 18.4. The molecule has 29 heavy (non-hydrogen) atoms. The van der Waals surface area contributed by atoms with Crippen LogP contribution in [-0.2, 0) is 0 Å². The quantitative estimate of drug-likeness (QED) is 0.423. The lowest BCUT2D eigenvalue weighted by Crippen LogP contribution is -2.20. The van der Waals surface area contributed by atoms with Gasteiger partial charge >= 0.3 is 0 Å². The average molecular weight is 439 g/mol. The number of hydrazone groups is 1. The van der Waals surface area contributed by atoms with Gasteiger partial charge in [-0.15, -0.1) is 0 Å². The first-order chi connectivity index (χ1) is 13.9. The number of nitrogens with one attached hydrogen (secondary N) is 1. The van der Waals surface area contributed by atoms with Crippen LogP contribution in [0.15, 0.2) is 35.4 Å². The van der Waals surface area contributed by atoms with Gasteiger partial charge in [0.2, 0.25) is 5.75 Å². The zero-order valence-electron chi connectivity index (χ0n) is 16.8. The van der Waals surface area contributed by atoms with Gasteiger partial charge in [0.15, 0.2) is 11.5 Å². The smallest absolute Gasteiger partial charge is 0.271 e. The average Bonchev–Trinajstić information content (AvgIpc) is 2.70. The molecule has 2 aromatic rings. The van der Waals surface area contributed by atoms with E-state index in [1.54, 1.807) is 37.3 Å². The number of halogens is 2. The molecule has 8 heteroatoms. The second-order valence-corrected chi connectivity index (χ2v) is 6.68. The van der Waals surface area contributed by atoms with Crippen LogP contribution in [0.1, 0.15) is 43.6 Å². The first kappa shape index (κ1) is 22.8. The molecule has 6 nitrogen and oxygen atoms in total. The summed E-state index contributed by atoms with van der Waals surface area (Å²) in [6, 6.07) is 8.35. The molecular formula is C21H24Cl2N2O4.